The Bertz CT molecular complexity index is 662. The number of nitrogens with two attached hydrogens (primary N) is 1. The number of rotatable bonds is 4. The summed E-state index contributed by atoms with van der Waals surface area (Å²) < 4.78 is 22.2. The van der Waals surface area contributed by atoms with Gasteiger partial charge in [-0.2, -0.15) is 0 Å². The summed E-state index contributed by atoms with van der Waals surface area (Å²) >= 11 is 0. The molecule has 0 atom stereocenters. The van der Waals surface area contributed by atoms with Crippen LogP contribution in [0.15, 0.2) is 64.5 Å². The van der Waals surface area contributed by atoms with Crippen molar-refractivity contribution >= 4 is 16.2 Å². The molecule has 98 valence electrons. The molecule has 4 nitrogen and oxygen atoms in total. The van der Waals surface area contributed by atoms with Gasteiger partial charge >= 0.3 is 0 Å². The summed E-state index contributed by atoms with van der Waals surface area (Å²) in [5.41, 5.74) is 1.96. The van der Waals surface area contributed by atoms with Crippen LogP contribution in [0, 0.1) is 0 Å². The van der Waals surface area contributed by atoms with Crippen LogP contribution in [0.1, 0.15) is 11.1 Å². The van der Waals surface area contributed by atoms with Crippen LogP contribution >= 0.6 is 0 Å². The van der Waals surface area contributed by atoms with Gasteiger partial charge in [0, 0.05) is 6.21 Å². The van der Waals surface area contributed by atoms with Gasteiger partial charge in [-0.3, -0.25) is 4.99 Å². The van der Waals surface area contributed by atoms with Crippen LogP contribution in [-0.2, 0) is 16.6 Å². The molecule has 0 aliphatic rings. The highest BCUT2D eigenvalue weighted by molar-refractivity contribution is 7.89. The fourth-order valence-corrected chi connectivity index (χ4v) is 2.10. The van der Waals surface area contributed by atoms with Gasteiger partial charge in [-0.05, 0) is 23.3 Å². The van der Waals surface area contributed by atoms with E-state index in [0.29, 0.717) is 6.54 Å². The Labute approximate surface area is 112 Å². The fraction of sp³-hybridized carbons (Fsp3) is 0.0714. The van der Waals surface area contributed by atoms with E-state index in [4.69, 9.17) is 5.14 Å². The lowest BCUT2D eigenvalue weighted by molar-refractivity contribution is 0.598. The van der Waals surface area contributed by atoms with Crippen molar-refractivity contribution in [1.82, 2.24) is 0 Å². The summed E-state index contributed by atoms with van der Waals surface area (Å²) in [5.74, 6) is 0. The highest BCUT2D eigenvalue weighted by atomic mass is 32.2. The molecule has 0 aliphatic carbocycles. The maximum Gasteiger partial charge on any atom is 0.238 e. The topological polar surface area (TPSA) is 72.5 Å². The van der Waals surface area contributed by atoms with Gasteiger partial charge in [0.25, 0.3) is 0 Å². The maximum atomic E-state index is 11.1. The molecule has 19 heavy (non-hydrogen) atoms. The van der Waals surface area contributed by atoms with Crippen molar-refractivity contribution in [2.45, 2.75) is 11.4 Å². The molecular weight excluding hydrogens is 260 g/mol. The highest BCUT2D eigenvalue weighted by Gasteiger charge is 2.05. The Hall–Kier alpha value is -1.98. The molecule has 0 saturated heterocycles. The average Bonchev–Trinajstić information content (AvgIpc) is 2.39. The minimum atomic E-state index is -3.62. The van der Waals surface area contributed by atoms with Crippen molar-refractivity contribution in [1.29, 1.82) is 0 Å². The zero-order chi connectivity index (χ0) is 13.7. The number of nitrogens with zero attached hydrogens (tertiary/aromatic N) is 1. The largest absolute Gasteiger partial charge is 0.288 e. The number of aliphatic imine (C=N–C) groups is 1. The minimum absolute atomic E-state index is 0.114. The van der Waals surface area contributed by atoms with Gasteiger partial charge < -0.3 is 0 Å². The fourth-order valence-electron chi connectivity index (χ4n) is 1.58. The van der Waals surface area contributed by atoms with E-state index in [1.807, 2.05) is 30.3 Å². The minimum Gasteiger partial charge on any atom is -0.288 e. The van der Waals surface area contributed by atoms with E-state index in [-0.39, 0.29) is 4.90 Å². The smallest absolute Gasteiger partial charge is 0.238 e. The van der Waals surface area contributed by atoms with Crippen molar-refractivity contribution in [2.75, 3.05) is 0 Å². The second-order valence-electron chi connectivity index (χ2n) is 4.07. The summed E-state index contributed by atoms with van der Waals surface area (Å²) in [7, 11) is -3.62. The Morgan fingerprint density at radius 1 is 1.00 bits per heavy atom. The first-order valence-electron chi connectivity index (χ1n) is 5.72. The zero-order valence-electron chi connectivity index (χ0n) is 10.2. The molecule has 0 aliphatic heterocycles. The summed E-state index contributed by atoms with van der Waals surface area (Å²) in [6, 6.07) is 16.2. The van der Waals surface area contributed by atoms with Gasteiger partial charge in [0.05, 0.1) is 11.4 Å². The molecule has 2 rings (SSSR count). The van der Waals surface area contributed by atoms with Crippen LogP contribution in [0.2, 0.25) is 0 Å². The summed E-state index contributed by atoms with van der Waals surface area (Å²) in [5, 5.41) is 5.03. The van der Waals surface area contributed by atoms with Crippen LogP contribution in [0.3, 0.4) is 0 Å². The van der Waals surface area contributed by atoms with E-state index in [9.17, 15) is 8.42 Å². The van der Waals surface area contributed by atoms with Crippen LogP contribution in [0.25, 0.3) is 0 Å². The van der Waals surface area contributed by atoms with Crippen molar-refractivity contribution < 1.29 is 8.42 Å². The molecule has 2 aromatic carbocycles. The van der Waals surface area contributed by atoms with Crippen molar-refractivity contribution in [2.24, 2.45) is 10.1 Å². The third kappa shape index (κ3) is 4.01. The van der Waals surface area contributed by atoms with Gasteiger partial charge in [0.2, 0.25) is 10.0 Å². The number of hydrogen-bond donors (Lipinski definition) is 1. The number of hydrogen-bond acceptors (Lipinski definition) is 3. The maximum absolute atomic E-state index is 11.1. The molecule has 0 unspecified atom stereocenters. The first-order chi connectivity index (χ1) is 9.05. The second-order valence-corrected chi connectivity index (χ2v) is 5.63. The summed E-state index contributed by atoms with van der Waals surface area (Å²) in [6.45, 7) is 0.500. The first kappa shape index (κ1) is 13.5. The molecule has 0 spiro atoms. The summed E-state index contributed by atoms with van der Waals surface area (Å²) in [6.07, 6.45) is 1.79. The molecule has 0 aromatic heterocycles. The van der Waals surface area contributed by atoms with Gasteiger partial charge in [-0.25, -0.2) is 13.6 Å². The van der Waals surface area contributed by atoms with Gasteiger partial charge in [0.15, 0.2) is 0 Å². The van der Waals surface area contributed by atoms with Crippen molar-refractivity contribution in [3.63, 3.8) is 0 Å². The van der Waals surface area contributed by atoms with Gasteiger partial charge in [0.1, 0.15) is 0 Å². The Balaban J connectivity index is 2.03. The second kappa shape index (κ2) is 5.77. The molecule has 0 amide bonds. The average molecular weight is 274 g/mol. The van der Waals surface area contributed by atoms with Crippen LogP contribution in [0.5, 0.6) is 0 Å². The molecule has 0 saturated carbocycles. The molecule has 0 radical (unpaired) electrons. The highest BCUT2D eigenvalue weighted by Crippen LogP contribution is 2.09. The first-order valence-corrected chi connectivity index (χ1v) is 7.27. The molecule has 5 heteroatoms. The number of sulfonamides is 1. The van der Waals surface area contributed by atoms with E-state index in [0.717, 1.165) is 11.1 Å². The Morgan fingerprint density at radius 2 is 1.63 bits per heavy atom. The standard InChI is InChI=1S/C14H14N2O2S/c15-19(17,18)14-8-6-13(7-9-14)11-16-10-12-4-2-1-3-5-12/h1-10H,11H2,(H2,15,17,18). The van der Waals surface area contributed by atoms with E-state index < -0.39 is 10.0 Å². The predicted octanol–water partition coefficient (Wildman–Crippen LogP) is 1.95. The van der Waals surface area contributed by atoms with Gasteiger partial charge in [-0.1, -0.05) is 42.5 Å². The number of benzene rings is 2. The van der Waals surface area contributed by atoms with E-state index in [2.05, 4.69) is 4.99 Å². The van der Waals surface area contributed by atoms with Gasteiger partial charge in [-0.15, -0.1) is 0 Å². The lowest BCUT2D eigenvalue weighted by atomic mass is 10.2. The lowest BCUT2D eigenvalue weighted by Gasteiger charge is -2.00. The third-order valence-electron chi connectivity index (χ3n) is 2.57. The predicted molar refractivity (Wildman–Crippen MR) is 75.6 cm³/mol. The molecule has 2 N–H and O–H groups in total. The number of primary sulfonamides is 1. The van der Waals surface area contributed by atoms with Crippen LogP contribution in [-0.4, -0.2) is 14.6 Å². The SMILES string of the molecule is NS(=O)(=O)c1ccc(CN=Cc2ccccc2)cc1. The quantitative estimate of drug-likeness (QED) is 0.865. The summed E-state index contributed by atoms with van der Waals surface area (Å²) in [4.78, 5) is 4.41. The van der Waals surface area contributed by atoms with Crippen molar-refractivity contribution in [3.8, 4) is 0 Å². The van der Waals surface area contributed by atoms with E-state index in [1.54, 1.807) is 18.3 Å². The molecule has 0 bridgehead atoms. The third-order valence-corrected chi connectivity index (χ3v) is 3.49. The lowest BCUT2D eigenvalue weighted by Crippen LogP contribution is -2.11. The van der Waals surface area contributed by atoms with E-state index in [1.165, 1.54) is 12.1 Å². The normalized spacial score (nSPS) is 11.8. The van der Waals surface area contributed by atoms with Crippen LogP contribution < -0.4 is 5.14 Å². The van der Waals surface area contributed by atoms with E-state index >= 15 is 0 Å². The Kier molecular flexibility index (Phi) is 4.09. The van der Waals surface area contributed by atoms with Crippen molar-refractivity contribution in [3.05, 3.63) is 65.7 Å². The monoisotopic (exact) mass is 274 g/mol. The molecule has 0 fully saturated rings. The molecular formula is C14H14N2O2S. The Morgan fingerprint density at radius 3 is 2.21 bits per heavy atom. The molecule has 0 heterocycles. The zero-order valence-corrected chi connectivity index (χ0v) is 11.0. The molecule has 2 aromatic rings. The van der Waals surface area contributed by atoms with Crippen LogP contribution in [0.4, 0.5) is 0 Å².